The molecule has 0 N–H and O–H groups in total. The summed E-state index contributed by atoms with van der Waals surface area (Å²) in [6.07, 6.45) is 1.48. The van der Waals surface area contributed by atoms with Crippen LogP contribution in [0.1, 0.15) is 22.8 Å². The summed E-state index contributed by atoms with van der Waals surface area (Å²) in [7, 11) is 1.24. The van der Waals surface area contributed by atoms with Crippen LogP contribution in [-0.4, -0.2) is 59.6 Å². The van der Waals surface area contributed by atoms with Crippen LogP contribution < -0.4 is 9.47 Å². The van der Waals surface area contributed by atoms with E-state index in [0.717, 1.165) is 4.90 Å². The third-order valence-corrected chi connectivity index (χ3v) is 5.62. The van der Waals surface area contributed by atoms with Gasteiger partial charge < -0.3 is 14.2 Å². The Kier molecular flexibility index (Phi) is 8.21. The molecule has 1 aliphatic heterocycles. The molecule has 0 radical (unpaired) electrons. The van der Waals surface area contributed by atoms with Crippen LogP contribution in [0.15, 0.2) is 47.4 Å². The molecule has 35 heavy (non-hydrogen) atoms. The number of carbonyl (C=O) groups excluding carboxylic acids is 4. The van der Waals surface area contributed by atoms with Gasteiger partial charge in [-0.15, -0.1) is 0 Å². The zero-order chi connectivity index (χ0) is 25.5. The van der Waals surface area contributed by atoms with Crippen molar-refractivity contribution in [3.63, 3.8) is 0 Å². The molecule has 1 heterocycles. The normalized spacial score (nSPS) is 14.2. The number of esters is 1. The lowest BCUT2D eigenvalue weighted by atomic mass is 10.1. The summed E-state index contributed by atoms with van der Waals surface area (Å²) < 4.78 is 15.5. The van der Waals surface area contributed by atoms with Crippen molar-refractivity contribution >= 4 is 46.4 Å². The number of methoxy groups -OCH3 is 1. The standard InChI is InChI=1S/C23H20N2O9S/c1-3-33-19-10-14(4-9-18(19)34-13-21(27)32-2)11-20-22(28)24(23(29)35-20)12-17(26)15-5-7-16(8-6-15)25(30)31/h4-11H,3,12-13H2,1-2H3/b20-11+. The summed E-state index contributed by atoms with van der Waals surface area (Å²) in [6.45, 7) is 1.28. The predicted octanol–water partition coefficient (Wildman–Crippen LogP) is 3.46. The number of carbonyl (C=O) groups is 4. The number of nitrogens with zero attached hydrogens (tertiary/aromatic N) is 2. The van der Waals surface area contributed by atoms with E-state index in [0.29, 0.717) is 35.4 Å². The van der Waals surface area contributed by atoms with E-state index >= 15 is 0 Å². The highest BCUT2D eigenvalue weighted by atomic mass is 32.2. The van der Waals surface area contributed by atoms with Gasteiger partial charge in [0.2, 0.25) is 0 Å². The smallest absolute Gasteiger partial charge is 0.343 e. The van der Waals surface area contributed by atoms with Crippen molar-refractivity contribution in [3.8, 4) is 11.5 Å². The molecule has 0 aliphatic carbocycles. The van der Waals surface area contributed by atoms with Crippen LogP contribution in [0.3, 0.4) is 0 Å². The molecule has 3 rings (SSSR count). The lowest BCUT2D eigenvalue weighted by molar-refractivity contribution is -0.384. The van der Waals surface area contributed by atoms with Crippen molar-refractivity contribution in [1.29, 1.82) is 0 Å². The second kappa shape index (κ2) is 11.3. The van der Waals surface area contributed by atoms with E-state index in [2.05, 4.69) is 4.74 Å². The zero-order valence-electron chi connectivity index (χ0n) is 18.7. The highest BCUT2D eigenvalue weighted by molar-refractivity contribution is 8.18. The molecule has 0 spiro atoms. The molecule has 182 valence electrons. The third kappa shape index (κ3) is 6.23. The van der Waals surface area contributed by atoms with Crippen LogP contribution >= 0.6 is 11.8 Å². The van der Waals surface area contributed by atoms with Gasteiger partial charge in [-0.25, -0.2) is 4.79 Å². The number of imide groups is 1. The monoisotopic (exact) mass is 500 g/mol. The Morgan fingerprint density at radius 2 is 1.80 bits per heavy atom. The van der Waals surface area contributed by atoms with E-state index in [1.54, 1.807) is 25.1 Å². The first kappa shape index (κ1) is 25.4. The van der Waals surface area contributed by atoms with Gasteiger partial charge in [-0.3, -0.25) is 29.4 Å². The molecule has 1 fully saturated rings. The van der Waals surface area contributed by atoms with Gasteiger partial charge in [-0.05, 0) is 54.6 Å². The second-order valence-corrected chi connectivity index (χ2v) is 7.99. The van der Waals surface area contributed by atoms with Crippen LogP contribution in [0.25, 0.3) is 6.08 Å². The largest absolute Gasteiger partial charge is 0.490 e. The van der Waals surface area contributed by atoms with Crippen LogP contribution in [-0.2, 0) is 14.3 Å². The molecule has 11 nitrogen and oxygen atoms in total. The summed E-state index contributed by atoms with van der Waals surface area (Å²) >= 11 is 0.684. The molecule has 1 aliphatic rings. The van der Waals surface area contributed by atoms with E-state index in [1.165, 1.54) is 37.5 Å². The molecule has 2 aromatic carbocycles. The van der Waals surface area contributed by atoms with E-state index in [4.69, 9.17) is 9.47 Å². The molecule has 2 amide bonds. The highest BCUT2D eigenvalue weighted by Crippen LogP contribution is 2.35. The number of benzene rings is 2. The van der Waals surface area contributed by atoms with Gasteiger partial charge in [-0.1, -0.05) is 6.07 Å². The van der Waals surface area contributed by atoms with Gasteiger partial charge in [0.05, 0.1) is 30.1 Å². The molecular weight excluding hydrogens is 480 g/mol. The van der Waals surface area contributed by atoms with Crippen molar-refractivity contribution in [2.24, 2.45) is 0 Å². The quantitative estimate of drug-likeness (QED) is 0.156. The first-order valence-electron chi connectivity index (χ1n) is 10.2. The van der Waals surface area contributed by atoms with E-state index in [1.807, 2.05) is 0 Å². The molecule has 2 aromatic rings. The average Bonchev–Trinajstić information content (AvgIpc) is 3.10. The Labute approximate surface area is 203 Å². The zero-order valence-corrected chi connectivity index (χ0v) is 19.5. The fraction of sp³-hybridized carbons (Fsp3) is 0.217. The number of amides is 2. The Balaban J connectivity index is 1.75. The number of non-ortho nitro benzene ring substituents is 1. The Morgan fingerprint density at radius 3 is 2.43 bits per heavy atom. The van der Waals surface area contributed by atoms with Crippen LogP contribution in [0.5, 0.6) is 11.5 Å². The minimum Gasteiger partial charge on any atom is -0.490 e. The fourth-order valence-corrected chi connectivity index (χ4v) is 3.83. The van der Waals surface area contributed by atoms with Crippen molar-refractivity contribution in [2.45, 2.75) is 6.92 Å². The average molecular weight is 500 g/mol. The number of hydrogen-bond acceptors (Lipinski definition) is 10. The number of ether oxygens (including phenoxy) is 3. The molecule has 1 saturated heterocycles. The van der Waals surface area contributed by atoms with Gasteiger partial charge in [0.1, 0.15) is 0 Å². The second-order valence-electron chi connectivity index (χ2n) is 7.00. The van der Waals surface area contributed by atoms with E-state index < -0.39 is 34.4 Å². The molecule has 0 bridgehead atoms. The summed E-state index contributed by atoms with van der Waals surface area (Å²) in [5.41, 5.74) is 0.498. The van der Waals surface area contributed by atoms with Gasteiger partial charge >= 0.3 is 5.97 Å². The van der Waals surface area contributed by atoms with Gasteiger partial charge in [0.15, 0.2) is 23.9 Å². The topological polar surface area (TPSA) is 142 Å². The van der Waals surface area contributed by atoms with Gasteiger partial charge in [0.25, 0.3) is 16.8 Å². The number of Topliss-reactive ketones (excluding diaryl/α,β-unsaturated/α-hetero) is 1. The minimum absolute atomic E-state index is 0.108. The number of rotatable bonds is 10. The van der Waals surface area contributed by atoms with Gasteiger partial charge in [-0.2, -0.15) is 0 Å². The number of thioether (sulfide) groups is 1. The summed E-state index contributed by atoms with van der Waals surface area (Å²) in [5, 5.41) is 10.2. The molecular formula is C23H20N2O9S. The van der Waals surface area contributed by atoms with Crippen LogP contribution in [0.2, 0.25) is 0 Å². The van der Waals surface area contributed by atoms with Crippen LogP contribution in [0, 0.1) is 10.1 Å². The number of nitro benzene ring substituents is 1. The van der Waals surface area contributed by atoms with E-state index in [-0.39, 0.29) is 22.8 Å². The van der Waals surface area contributed by atoms with E-state index in [9.17, 15) is 29.3 Å². The van der Waals surface area contributed by atoms with Crippen molar-refractivity contribution in [1.82, 2.24) is 4.90 Å². The Bertz CT molecular complexity index is 1210. The van der Waals surface area contributed by atoms with Crippen molar-refractivity contribution in [2.75, 3.05) is 26.9 Å². The SMILES string of the molecule is CCOc1cc(/C=C2/SC(=O)N(CC(=O)c3ccc([N+](=O)[O-])cc3)C2=O)ccc1OCC(=O)OC. The fourth-order valence-electron chi connectivity index (χ4n) is 2.99. The molecule has 0 atom stereocenters. The molecule has 0 saturated carbocycles. The summed E-state index contributed by atoms with van der Waals surface area (Å²) in [4.78, 5) is 60.1. The van der Waals surface area contributed by atoms with Crippen LogP contribution in [0.4, 0.5) is 10.5 Å². The Hall–Kier alpha value is -4.19. The van der Waals surface area contributed by atoms with Gasteiger partial charge in [0, 0.05) is 17.7 Å². The predicted molar refractivity (Wildman–Crippen MR) is 125 cm³/mol. The first-order valence-corrected chi connectivity index (χ1v) is 11.0. The lowest BCUT2D eigenvalue weighted by Gasteiger charge is -2.12. The van der Waals surface area contributed by atoms with Crippen molar-refractivity contribution in [3.05, 3.63) is 68.6 Å². The summed E-state index contributed by atoms with van der Waals surface area (Å²) in [5.74, 6) is -1.10. The highest BCUT2D eigenvalue weighted by Gasteiger charge is 2.36. The molecule has 12 heteroatoms. The Morgan fingerprint density at radius 1 is 1.09 bits per heavy atom. The molecule has 0 unspecified atom stereocenters. The lowest BCUT2D eigenvalue weighted by Crippen LogP contribution is -2.33. The maximum Gasteiger partial charge on any atom is 0.343 e. The minimum atomic E-state index is -0.640. The molecule has 0 aromatic heterocycles. The first-order chi connectivity index (χ1) is 16.7. The summed E-state index contributed by atoms with van der Waals surface area (Å²) in [6, 6.07) is 9.66. The third-order valence-electron chi connectivity index (χ3n) is 4.71. The maximum atomic E-state index is 12.8. The number of hydrogen-bond donors (Lipinski definition) is 0. The maximum absolute atomic E-state index is 12.8. The number of nitro groups is 1. The van der Waals surface area contributed by atoms with Crippen molar-refractivity contribution < 1.29 is 38.3 Å². The number of ketones is 1.